The second kappa shape index (κ2) is 8.79. The maximum atomic E-state index is 13.8. The number of nitrogens with one attached hydrogen (secondary N) is 2. The van der Waals surface area contributed by atoms with E-state index in [1.54, 1.807) is 30.3 Å². The van der Waals surface area contributed by atoms with E-state index in [1.165, 1.54) is 4.90 Å². The lowest BCUT2D eigenvalue weighted by Gasteiger charge is -2.29. The molecule has 0 saturated carbocycles. The van der Waals surface area contributed by atoms with Crippen molar-refractivity contribution in [1.82, 2.24) is 9.80 Å². The van der Waals surface area contributed by atoms with Crippen LogP contribution in [0.2, 0.25) is 0 Å². The summed E-state index contributed by atoms with van der Waals surface area (Å²) in [6, 6.07) is 17.5. The molecule has 0 aromatic heterocycles. The third-order valence-corrected chi connectivity index (χ3v) is 6.59. The number of anilines is 2. The standard InChI is InChI=1S/C28H24N4O5/c1-31(2)11-12-32-26(33)19-7-3-5-16-13-17-6-4-8-20(24(17)25(23(16)19)27(32)34)30-28(35)29-18-9-10-21-22(14-18)37-15-36-21/h3-10,13-14H,11-12,15H2,1-2H3,(H2,29,30,35). The Kier molecular flexibility index (Phi) is 5.42. The van der Waals surface area contributed by atoms with Crippen molar-refractivity contribution in [1.29, 1.82) is 0 Å². The number of nitrogens with zero attached hydrogens (tertiary/aromatic N) is 2. The largest absolute Gasteiger partial charge is 0.454 e. The van der Waals surface area contributed by atoms with Gasteiger partial charge in [0.2, 0.25) is 6.79 Å². The molecule has 4 aromatic rings. The molecule has 9 heteroatoms. The average Bonchev–Trinajstić information content (AvgIpc) is 3.34. The van der Waals surface area contributed by atoms with E-state index >= 15 is 0 Å². The van der Waals surface area contributed by atoms with Crippen LogP contribution in [0.5, 0.6) is 11.5 Å². The van der Waals surface area contributed by atoms with Gasteiger partial charge in [-0.1, -0.05) is 24.3 Å². The molecule has 0 radical (unpaired) electrons. The van der Waals surface area contributed by atoms with Gasteiger partial charge < -0.3 is 25.0 Å². The van der Waals surface area contributed by atoms with E-state index in [0.717, 1.165) is 10.8 Å². The Hall–Kier alpha value is -4.63. The highest BCUT2D eigenvalue weighted by Crippen LogP contribution is 2.39. The zero-order chi connectivity index (χ0) is 25.7. The van der Waals surface area contributed by atoms with Crippen LogP contribution in [0.4, 0.5) is 16.2 Å². The van der Waals surface area contributed by atoms with Crippen LogP contribution >= 0.6 is 0 Å². The van der Waals surface area contributed by atoms with Gasteiger partial charge in [-0.05, 0) is 55.2 Å². The van der Waals surface area contributed by atoms with Crippen molar-refractivity contribution < 1.29 is 23.9 Å². The van der Waals surface area contributed by atoms with Crippen LogP contribution in [-0.2, 0) is 0 Å². The van der Waals surface area contributed by atoms with Crippen LogP contribution in [0, 0.1) is 0 Å². The zero-order valence-electron chi connectivity index (χ0n) is 20.3. The number of hydrogen-bond acceptors (Lipinski definition) is 6. The summed E-state index contributed by atoms with van der Waals surface area (Å²) in [7, 11) is 3.79. The lowest BCUT2D eigenvalue weighted by Crippen LogP contribution is -2.43. The summed E-state index contributed by atoms with van der Waals surface area (Å²) in [5.41, 5.74) is 1.90. The van der Waals surface area contributed by atoms with Crippen molar-refractivity contribution in [2.24, 2.45) is 0 Å². The molecule has 2 aliphatic heterocycles. The molecule has 6 rings (SSSR count). The maximum absolute atomic E-state index is 13.8. The SMILES string of the molecule is CN(C)CCN1C(=O)c2cccc3cc4cccc(NC(=O)Nc5ccc6c(c5)OCO6)c4c(c23)C1=O. The van der Waals surface area contributed by atoms with Gasteiger partial charge in [-0.2, -0.15) is 0 Å². The van der Waals surface area contributed by atoms with E-state index in [4.69, 9.17) is 9.47 Å². The Labute approximate surface area is 212 Å². The zero-order valence-corrected chi connectivity index (χ0v) is 20.3. The number of ether oxygens (including phenoxy) is 2. The first-order valence-corrected chi connectivity index (χ1v) is 11.9. The molecule has 0 spiro atoms. The minimum atomic E-state index is -0.476. The summed E-state index contributed by atoms with van der Waals surface area (Å²) in [4.78, 5) is 43.3. The molecule has 37 heavy (non-hydrogen) atoms. The molecule has 186 valence electrons. The molecule has 0 bridgehead atoms. The third kappa shape index (κ3) is 3.89. The van der Waals surface area contributed by atoms with Crippen molar-refractivity contribution in [2.45, 2.75) is 0 Å². The predicted molar refractivity (Wildman–Crippen MR) is 141 cm³/mol. The van der Waals surface area contributed by atoms with Gasteiger partial charge in [0.15, 0.2) is 11.5 Å². The van der Waals surface area contributed by atoms with E-state index in [1.807, 2.05) is 49.3 Å². The number of benzene rings is 4. The molecule has 0 fully saturated rings. The van der Waals surface area contributed by atoms with Gasteiger partial charge in [0.1, 0.15) is 0 Å². The Balaban J connectivity index is 1.42. The topological polar surface area (TPSA) is 100 Å². The number of fused-ring (bicyclic) bond motifs is 3. The number of likely N-dealkylation sites (N-methyl/N-ethyl adjacent to an activating group) is 1. The predicted octanol–water partition coefficient (Wildman–Crippen LogP) is 4.52. The lowest BCUT2D eigenvalue weighted by atomic mass is 9.89. The molecule has 4 aromatic carbocycles. The molecule has 0 unspecified atom stereocenters. The highest BCUT2D eigenvalue weighted by Gasteiger charge is 2.34. The summed E-state index contributed by atoms with van der Waals surface area (Å²) in [5, 5.41) is 8.49. The number of urea groups is 1. The molecule has 9 nitrogen and oxygen atoms in total. The number of imide groups is 1. The summed E-state index contributed by atoms with van der Waals surface area (Å²) in [6.07, 6.45) is 0. The van der Waals surface area contributed by atoms with Crippen molar-refractivity contribution in [3.8, 4) is 11.5 Å². The van der Waals surface area contributed by atoms with E-state index < -0.39 is 6.03 Å². The number of carbonyl (C=O) groups is 3. The quantitative estimate of drug-likeness (QED) is 0.311. The lowest BCUT2D eigenvalue weighted by molar-refractivity contribution is 0.0602. The van der Waals surface area contributed by atoms with Crippen LogP contribution in [0.15, 0.2) is 60.7 Å². The Bertz CT molecular complexity index is 1610. The first-order valence-electron chi connectivity index (χ1n) is 11.9. The van der Waals surface area contributed by atoms with E-state index in [-0.39, 0.29) is 25.2 Å². The van der Waals surface area contributed by atoms with Gasteiger partial charge in [-0.3, -0.25) is 14.5 Å². The number of amides is 4. The van der Waals surface area contributed by atoms with Crippen molar-refractivity contribution in [3.63, 3.8) is 0 Å². The van der Waals surface area contributed by atoms with E-state index in [2.05, 4.69) is 10.6 Å². The van der Waals surface area contributed by atoms with Gasteiger partial charge in [-0.15, -0.1) is 0 Å². The molecular formula is C28H24N4O5. The highest BCUT2D eigenvalue weighted by atomic mass is 16.7. The van der Waals surface area contributed by atoms with Gasteiger partial charge in [0.05, 0.1) is 11.3 Å². The Morgan fingerprint density at radius 2 is 1.65 bits per heavy atom. The van der Waals surface area contributed by atoms with Crippen LogP contribution in [0.3, 0.4) is 0 Å². The summed E-state index contributed by atoms with van der Waals surface area (Å²) < 4.78 is 10.7. The highest BCUT2D eigenvalue weighted by molar-refractivity contribution is 6.32. The Morgan fingerprint density at radius 1 is 0.892 bits per heavy atom. The van der Waals surface area contributed by atoms with Crippen LogP contribution < -0.4 is 20.1 Å². The average molecular weight is 497 g/mol. The molecule has 0 saturated heterocycles. The molecular weight excluding hydrogens is 472 g/mol. The fourth-order valence-corrected chi connectivity index (χ4v) is 4.86. The molecule has 0 atom stereocenters. The van der Waals surface area contributed by atoms with Gasteiger partial charge in [-0.25, -0.2) is 4.79 Å². The smallest absolute Gasteiger partial charge is 0.323 e. The van der Waals surface area contributed by atoms with Crippen LogP contribution in [-0.4, -0.2) is 61.6 Å². The van der Waals surface area contributed by atoms with Crippen molar-refractivity contribution >= 4 is 50.8 Å². The maximum Gasteiger partial charge on any atom is 0.323 e. The summed E-state index contributed by atoms with van der Waals surface area (Å²) in [6.45, 7) is 0.940. The second-order valence-corrected chi connectivity index (χ2v) is 9.27. The minimum absolute atomic E-state index is 0.141. The van der Waals surface area contributed by atoms with Gasteiger partial charge in [0.25, 0.3) is 11.8 Å². The summed E-state index contributed by atoms with van der Waals surface area (Å²) in [5.74, 6) is 0.495. The third-order valence-electron chi connectivity index (χ3n) is 6.59. The molecule has 4 amide bonds. The minimum Gasteiger partial charge on any atom is -0.454 e. The van der Waals surface area contributed by atoms with Crippen LogP contribution in [0.1, 0.15) is 20.7 Å². The second-order valence-electron chi connectivity index (χ2n) is 9.27. The van der Waals surface area contributed by atoms with Crippen molar-refractivity contribution in [2.75, 3.05) is 44.6 Å². The van der Waals surface area contributed by atoms with Gasteiger partial charge >= 0.3 is 6.03 Å². The molecule has 2 heterocycles. The van der Waals surface area contributed by atoms with Crippen molar-refractivity contribution in [3.05, 3.63) is 71.8 Å². The van der Waals surface area contributed by atoms with E-state index in [0.29, 0.717) is 51.3 Å². The number of hydrogen-bond donors (Lipinski definition) is 2. The number of rotatable bonds is 5. The van der Waals surface area contributed by atoms with Crippen LogP contribution in [0.25, 0.3) is 21.5 Å². The fraction of sp³-hybridized carbons (Fsp3) is 0.179. The van der Waals surface area contributed by atoms with Gasteiger partial charge in [0, 0.05) is 41.2 Å². The molecule has 2 N–H and O–H groups in total. The number of carbonyl (C=O) groups excluding carboxylic acids is 3. The van der Waals surface area contributed by atoms with E-state index in [9.17, 15) is 14.4 Å². The molecule has 2 aliphatic rings. The normalized spacial score (nSPS) is 14.1. The monoisotopic (exact) mass is 496 g/mol. The first kappa shape index (κ1) is 22.8. The first-order chi connectivity index (χ1) is 17.9. The Morgan fingerprint density at radius 3 is 2.46 bits per heavy atom. The summed E-state index contributed by atoms with van der Waals surface area (Å²) >= 11 is 0. The fourth-order valence-electron chi connectivity index (χ4n) is 4.86. The molecule has 0 aliphatic carbocycles.